The molecule has 0 atom stereocenters. The number of rotatable bonds is 6. The second-order valence-electron chi connectivity index (χ2n) is 8.50. The quantitative estimate of drug-likeness (QED) is 0.776. The van der Waals surface area contributed by atoms with E-state index in [0.29, 0.717) is 18.2 Å². The van der Waals surface area contributed by atoms with Crippen LogP contribution in [0.4, 0.5) is 11.4 Å². The third-order valence-electron chi connectivity index (χ3n) is 5.84. The van der Waals surface area contributed by atoms with Crippen LogP contribution in [0, 0.1) is 5.92 Å². The minimum absolute atomic E-state index is 0.146. The number of carbonyl (C=O) groups is 2. The SMILES string of the molecule is CC(C)CC(=O)Nc1ccc(N2CCC(N3CCCCC3)CC2)cc1C(=O)O. The molecular weight excluding hydrogens is 354 g/mol. The number of benzene rings is 1. The highest BCUT2D eigenvalue weighted by atomic mass is 16.4. The van der Waals surface area contributed by atoms with Gasteiger partial charge in [0.25, 0.3) is 0 Å². The maximum absolute atomic E-state index is 12.1. The number of aromatic carboxylic acids is 1. The van der Waals surface area contributed by atoms with Gasteiger partial charge >= 0.3 is 5.97 Å². The number of likely N-dealkylation sites (tertiary alicyclic amines) is 1. The molecule has 2 aliphatic heterocycles. The van der Waals surface area contributed by atoms with Crippen LogP contribution in [-0.4, -0.2) is 54.1 Å². The Balaban J connectivity index is 1.65. The number of nitrogens with one attached hydrogen (secondary N) is 1. The number of piperidine rings is 2. The molecule has 6 nitrogen and oxygen atoms in total. The van der Waals surface area contributed by atoms with Gasteiger partial charge in [0, 0.05) is 31.2 Å². The predicted molar refractivity (Wildman–Crippen MR) is 112 cm³/mol. The topological polar surface area (TPSA) is 72.9 Å². The zero-order valence-corrected chi connectivity index (χ0v) is 17.1. The maximum atomic E-state index is 12.1. The number of amides is 1. The van der Waals surface area contributed by atoms with Crippen LogP contribution in [0.15, 0.2) is 18.2 Å². The summed E-state index contributed by atoms with van der Waals surface area (Å²) in [6.45, 7) is 8.26. The number of anilines is 2. The molecule has 1 aromatic rings. The Morgan fingerprint density at radius 1 is 1.11 bits per heavy atom. The molecule has 0 spiro atoms. The van der Waals surface area contributed by atoms with Gasteiger partial charge in [0.05, 0.1) is 11.3 Å². The van der Waals surface area contributed by atoms with Crippen LogP contribution in [0.2, 0.25) is 0 Å². The molecule has 0 bridgehead atoms. The molecule has 0 radical (unpaired) electrons. The lowest BCUT2D eigenvalue weighted by Gasteiger charge is -2.41. The van der Waals surface area contributed by atoms with E-state index in [1.54, 1.807) is 12.1 Å². The zero-order chi connectivity index (χ0) is 20.1. The lowest BCUT2D eigenvalue weighted by Crippen LogP contribution is -2.46. The van der Waals surface area contributed by atoms with Gasteiger partial charge in [-0.2, -0.15) is 0 Å². The number of hydrogen-bond acceptors (Lipinski definition) is 4. The second kappa shape index (κ2) is 9.41. The smallest absolute Gasteiger partial charge is 0.337 e. The number of carboxylic acids is 1. The number of carbonyl (C=O) groups excluding carboxylic acids is 1. The standard InChI is InChI=1S/C22H33N3O3/c1-16(2)14-21(26)23-20-7-6-18(15-19(20)22(27)28)25-12-8-17(9-13-25)24-10-4-3-5-11-24/h6-7,15-17H,3-5,8-14H2,1-2H3,(H,23,26)(H,27,28). The first-order chi connectivity index (χ1) is 13.4. The minimum atomic E-state index is -1.01. The molecule has 2 heterocycles. The first-order valence-corrected chi connectivity index (χ1v) is 10.6. The Bertz CT molecular complexity index is 690. The number of hydrogen-bond donors (Lipinski definition) is 2. The van der Waals surface area contributed by atoms with Crippen molar-refractivity contribution in [2.45, 2.75) is 58.4 Å². The fraction of sp³-hybridized carbons (Fsp3) is 0.636. The van der Waals surface area contributed by atoms with E-state index in [1.165, 1.54) is 32.4 Å². The van der Waals surface area contributed by atoms with Gasteiger partial charge in [0.2, 0.25) is 5.91 Å². The fourth-order valence-electron chi connectivity index (χ4n) is 4.36. The number of nitrogens with zero attached hydrogens (tertiary/aromatic N) is 2. The van der Waals surface area contributed by atoms with E-state index in [2.05, 4.69) is 15.1 Å². The van der Waals surface area contributed by atoms with Gasteiger partial charge < -0.3 is 20.2 Å². The summed E-state index contributed by atoms with van der Waals surface area (Å²) in [6.07, 6.45) is 6.60. The Morgan fingerprint density at radius 3 is 2.39 bits per heavy atom. The van der Waals surface area contributed by atoms with Gasteiger partial charge in [-0.05, 0) is 62.9 Å². The molecule has 0 saturated carbocycles. The van der Waals surface area contributed by atoms with E-state index in [-0.39, 0.29) is 17.4 Å². The van der Waals surface area contributed by atoms with E-state index < -0.39 is 5.97 Å². The van der Waals surface area contributed by atoms with E-state index in [4.69, 9.17) is 0 Å². The molecular formula is C22H33N3O3. The minimum Gasteiger partial charge on any atom is -0.478 e. The normalized spacial score (nSPS) is 19.0. The monoisotopic (exact) mass is 387 g/mol. The van der Waals surface area contributed by atoms with Crippen LogP contribution in [0.25, 0.3) is 0 Å². The van der Waals surface area contributed by atoms with Crippen molar-refractivity contribution in [1.29, 1.82) is 0 Å². The lowest BCUT2D eigenvalue weighted by molar-refractivity contribution is -0.116. The molecule has 1 amide bonds. The summed E-state index contributed by atoms with van der Waals surface area (Å²) in [7, 11) is 0. The highest BCUT2D eigenvalue weighted by Gasteiger charge is 2.26. The largest absolute Gasteiger partial charge is 0.478 e. The summed E-state index contributed by atoms with van der Waals surface area (Å²) in [6, 6.07) is 6.02. The Labute approximate surface area is 167 Å². The highest BCUT2D eigenvalue weighted by molar-refractivity contribution is 6.01. The van der Waals surface area contributed by atoms with E-state index in [0.717, 1.165) is 31.6 Å². The van der Waals surface area contributed by atoms with Crippen LogP contribution in [-0.2, 0) is 4.79 Å². The van der Waals surface area contributed by atoms with Gasteiger partial charge in [0.1, 0.15) is 0 Å². The lowest BCUT2D eigenvalue weighted by atomic mass is 9.99. The van der Waals surface area contributed by atoms with Crippen molar-refractivity contribution in [1.82, 2.24) is 4.90 Å². The summed E-state index contributed by atoms with van der Waals surface area (Å²) < 4.78 is 0. The Kier molecular flexibility index (Phi) is 6.94. The van der Waals surface area contributed by atoms with Crippen LogP contribution in [0.1, 0.15) is 62.7 Å². The fourth-order valence-corrected chi connectivity index (χ4v) is 4.36. The molecule has 0 unspecified atom stereocenters. The van der Waals surface area contributed by atoms with Gasteiger partial charge in [-0.3, -0.25) is 4.79 Å². The molecule has 1 aromatic carbocycles. The van der Waals surface area contributed by atoms with Crippen molar-refractivity contribution in [3.63, 3.8) is 0 Å². The molecule has 28 heavy (non-hydrogen) atoms. The zero-order valence-electron chi connectivity index (χ0n) is 17.1. The molecule has 2 N–H and O–H groups in total. The molecule has 0 aromatic heterocycles. The third-order valence-corrected chi connectivity index (χ3v) is 5.84. The van der Waals surface area contributed by atoms with Gasteiger partial charge in [-0.15, -0.1) is 0 Å². The molecule has 0 aliphatic carbocycles. The predicted octanol–water partition coefficient (Wildman–Crippen LogP) is 3.82. The highest BCUT2D eigenvalue weighted by Crippen LogP contribution is 2.28. The van der Waals surface area contributed by atoms with Gasteiger partial charge in [-0.25, -0.2) is 4.79 Å². The van der Waals surface area contributed by atoms with Crippen molar-refractivity contribution in [3.05, 3.63) is 23.8 Å². The van der Waals surface area contributed by atoms with Crippen molar-refractivity contribution in [2.75, 3.05) is 36.4 Å². The molecule has 6 heteroatoms. The maximum Gasteiger partial charge on any atom is 0.337 e. The van der Waals surface area contributed by atoms with Crippen molar-refractivity contribution in [3.8, 4) is 0 Å². The second-order valence-corrected chi connectivity index (χ2v) is 8.50. The summed E-state index contributed by atoms with van der Waals surface area (Å²) >= 11 is 0. The van der Waals surface area contributed by atoms with E-state index >= 15 is 0 Å². The van der Waals surface area contributed by atoms with Crippen LogP contribution in [0.3, 0.4) is 0 Å². The van der Waals surface area contributed by atoms with E-state index in [1.807, 2.05) is 19.9 Å². The van der Waals surface area contributed by atoms with Gasteiger partial charge in [-0.1, -0.05) is 20.3 Å². The molecule has 2 aliphatic rings. The van der Waals surface area contributed by atoms with E-state index in [9.17, 15) is 14.7 Å². The summed E-state index contributed by atoms with van der Waals surface area (Å²) in [5.74, 6) is -0.925. The van der Waals surface area contributed by atoms with Crippen LogP contribution in [0.5, 0.6) is 0 Å². The average Bonchev–Trinajstić information content (AvgIpc) is 2.68. The summed E-state index contributed by atoms with van der Waals surface area (Å²) in [4.78, 5) is 28.7. The summed E-state index contributed by atoms with van der Waals surface area (Å²) in [5.41, 5.74) is 1.47. The first-order valence-electron chi connectivity index (χ1n) is 10.6. The third kappa shape index (κ3) is 5.25. The van der Waals surface area contributed by atoms with Crippen LogP contribution >= 0.6 is 0 Å². The molecule has 3 rings (SSSR count). The van der Waals surface area contributed by atoms with Crippen molar-refractivity contribution in [2.24, 2.45) is 5.92 Å². The molecule has 2 fully saturated rings. The van der Waals surface area contributed by atoms with Crippen molar-refractivity contribution < 1.29 is 14.7 Å². The van der Waals surface area contributed by atoms with Crippen molar-refractivity contribution >= 4 is 23.3 Å². The molecule has 154 valence electrons. The molecule has 2 saturated heterocycles. The van der Waals surface area contributed by atoms with Gasteiger partial charge in [0.15, 0.2) is 0 Å². The Morgan fingerprint density at radius 2 is 1.79 bits per heavy atom. The average molecular weight is 388 g/mol. The summed E-state index contributed by atoms with van der Waals surface area (Å²) in [5, 5.41) is 12.4. The number of carboxylic acid groups (broad SMARTS) is 1. The Hall–Kier alpha value is -2.08. The van der Waals surface area contributed by atoms with Crippen LogP contribution < -0.4 is 10.2 Å². The first kappa shape index (κ1) is 20.6.